The third-order valence-electron chi connectivity index (χ3n) is 7.91. The first kappa shape index (κ1) is 31.9. The first-order valence-electron chi connectivity index (χ1n) is 14.5. The molecule has 0 spiro atoms. The van der Waals surface area contributed by atoms with Gasteiger partial charge < -0.3 is 19.7 Å². The summed E-state index contributed by atoms with van der Waals surface area (Å²) in [4.78, 5) is 29.9. The molecule has 1 aliphatic carbocycles. The van der Waals surface area contributed by atoms with Crippen molar-refractivity contribution < 1.29 is 27.5 Å². The van der Waals surface area contributed by atoms with Crippen molar-refractivity contribution in [2.24, 2.45) is 0 Å². The van der Waals surface area contributed by atoms with Crippen LogP contribution in [0.3, 0.4) is 0 Å². The first-order valence-corrected chi connectivity index (χ1v) is 16.3. The molecule has 0 aromatic heterocycles. The van der Waals surface area contributed by atoms with E-state index in [2.05, 4.69) is 5.32 Å². The number of carbonyl (C=O) groups is 2. The van der Waals surface area contributed by atoms with E-state index in [1.165, 1.54) is 25.2 Å². The molecule has 1 unspecified atom stereocenters. The van der Waals surface area contributed by atoms with Crippen molar-refractivity contribution in [1.29, 1.82) is 0 Å². The van der Waals surface area contributed by atoms with Crippen LogP contribution < -0.4 is 19.1 Å². The Labute approximate surface area is 254 Å². The van der Waals surface area contributed by atoms with Crippen molar-refractivity contribution >= 4 is 27.5 Å². The summed E-state index contributed by atoms with van der Waals surface area (Å²) in [6.45, 7) is 1.55. The highest BCUT2D eigenvalue weighted by Crippen LogP contribution is 2.34. The van der Waals surface area contributed by atoms with Gasteiger partial charge in [-0.3, -0.25) is 13.9 Å². The Bertz CT molecular complexity index is 1510. The van der Waals surface area contributed by atoms with Crippen LogP contribution in [0.15, 0.2) is 72.8 Å². The molecular weight excluding hydrogens is 566 g/mol. The van der Waals surface area contributed by atoms with Crippen LogP contribution in [-0.2, 0) is 32.6 Å². The number of anilines is 1. The molecule has 1 fully saturated rings. The average Bonchev–Trinajstić information content (AvgIpc) is 3.51. The van der Waals surface area contributed by atoms with Gasteiger partial charge in [-0.15, -0.1) is 0 Å². The summed E-state index contributed by atoms with van der Waals surface area (Å²) in [5.41, 5.74) is 2.89. The van der Waals surface area contributed by atoms with Crippen LogP contribution in [0.4, 0.5) is 5.69 Å². The SMILES string of the molecule is COc1ccc(OC)c(N(CC(=O)N(Cc2ccccc2C)C(Cc2ccccc2)C(=O)NC2CCCC2)S(C)(=O)=O)c1. The van der Waals surface area contributed by atoms with Gasteiger partial charge in [0.2, 0.25) is 21.8 Å². The molecule has 4 rings (SSSR count). The molecule has 0 bridgehead atoms. The highest BCUT2D eigenvalue weighted by Gasteiger charge is 2.35. The molecule has 0 radical (unpaired) electrons. The maximum absolute atomic E-state index is 14.4. The van der Waals surface area contributed by atoms with Crippen LogP contribution in [0.25, 0.3) is 0 Å². The van der Waals surface area contributed by atoms with Gasteiger partial charge in [-0.2, -0.15) is 0 Å². The van der Waals surface area contributed by atoms with Gasteiger partial charge in [0, 0.05) is 25.1 Å². The fourth-order valence-electron chi connectivity index (χ4n) is 5.48. The topological polar surface area (TPSA) is 105 Å². The van der Waals surface area contributed by atoms with Crippen molar-refractivity contribution in [2.45, 2.75) is 57.7 Å². The van der Waals surface area contributed by atoms with Gasteiger partial charge in [0.15, 0.2) is 0 Å². The fraction of sp³-hybridized carbons (Fsp3) is 0.394. The van der Waals surface area contributed by atoms with Crippen LogP contribution in [0, 0.1) is 6.92 Å². The Morgan fingerprint density at radius 1 is 0.953 bits per heavy atom. The van der Waals surface area contributed by atoms with Crippen LogP contribution in [0.5, 0.6) is 11.5 Å². The monoisotopic (exact) mass is 607 g/mol. The van der Waals surface area contributed by atoms with Gasteiger partial charge >= 0.3 is 0 Å². The molecule has 0 heterocycles. The van der Waals surface area contributed by atoms with Crippen molar-refractivity contribution in [3.8, 4) is 11.5 Å². The largest absolute Gasteiger partial charge is 0.497 e. The number of carbonyl (C=O) groups excluding carboxylic acids is 2. The normalized spacial score (nSPS) is 14.1. The fourth-order valence-corrected chi connectivity index (χ4v) is 6.32. The van der Waals surface area contributed by atoms with E-state index in [4.69, 9.17) is 9.47 Å². The minimum absolute atomic E-state index is 0.0507. The lowest BCUT2D eigenvalue weighted by Gasteiger charge is -2.34. The second-order valence-corrected chi connectivity index (χ2v) is 12.9. The van der Waals surface area contributed by atoms with Gasteiger partial charge in [0.1, 0.15) is 24.1 Å². The zero-order chi connectivity index (χ0) is 31.0. The number of ether oxygens (including phenoxy) is 2. The molecule has 0 aliphatic heterocycles. The summed E-state index contributed by atoms with van der Waals surface area (Å²) in [6.07, 6.45) is 5.20. The van der Waals surface area contributed by atoms with Gasteiger partial charge in [0.25, 0.3) is 0 Å². The molecule has 230 valence electrons. The predicted octanol–water partition coefficient (Wildman–Crippen LogP) is 4.48. The number of aryl methyl sites for hydroxylation is 1. The third-order valence-corrected chi connectivity index (χ3v) is 9.03. The number of methoxy groups -OCH3 is 2. The standard InChI is InChI=1S/C33H41N3O6S/c1-24-12-8-9-15-26(24)22-35(30(20-25-13-6-5-7-14-25)33(38)34-27-16-10-11-17-27)32(37)23-36(43(4,39)40)29-21-28(41-2)18-19-31(29)42-3/h5-9,12-15,18-19,21,27,30H,10-11,16-17,20,22-23H2,1-4H3,(H,34,38). The summed E-state index contributed by atoms with van der Waals surface area (Å²) < 4.78 is 38.2. The Balaban J connectivity index is 1.77. The molecule has 0 saturated heterocycles. The van der Waals surface area contributed by atoms with E-state index >= 15 is 0 Å². The maximum atomic E-state index is 14.4. The van der Waals surface area contributed by atoms with E-state index in [9.17, 15) is 18.0 Å². The lowest BCUT2D eigenvalue weighted by molar-refractivity contribution is -0.140. The van der Waals surface area contributed by atoms with Crippen molar-refractivity contribution in [3.63, 3.8) is 0 Å². The predicted molar refractivity (Wildman–Crippen MR) is 168 cm³/mol. The van der Waals surface area contributed by atoms with E-state index < -0.39 is 28.5 Å². The Morgan fingerprint density at radius 3 is 2.26 bits per heavy atom. The number of rotatable bonds is 13. The molecule has 2 amide bonds. The van der Waals surface area contributed by atoms with E-state index in [0.29, 0.717) is 5.75 Å². The van der Waals surface area contributed by atoms with Crippen LogP contribution in [0.2, 0.25) is 0 Å². The Morgan fingerprint density at radius 2 is 1.63 bits per heavy atom. The summed E-state index contributed by atoms with van der Waals surface area (Å²) in [5, 5.41) is 3.18. The molecule has 3 aromatic rings. The maximum Gasteiger partial charge on any atom is 0.244 e. The highest BCUT2D eigenvalue weighted by atomic mass is 32.2. The quantitative estimate of drug-likeness (QED) is 0.307. The molecule has 1 aliphatic rings. The van der Waals surface area contributed by atoms with Crippen LogP contribution >= 0.6 is 0 Å². The summed E-state index contributed by atoms with van der Waals surface area (Å²) in [6, 6.07) is 21.2. The Kier molecular flexibility index (Phi) is 10.7. The minimum Gasteiger partial charge on any atom is -0.497 e. The van der Waals surface area contributed by atoms with Gasteiger partial charge in [-0.05, 0) is 48.6 Å². The van der Waals surface area contributed by atoms with Gasteiger partial charge in [-0.1, -0.05) is 67.4 Å². The van der Waals surface area contributed by atoms with Gasteiger partial charge in [-0.25, -0.2) is 8.42 Å². The van der Waals surface area contributed by atoms with Crippen LogP contribution in [-0.4, -0.2) is 64.2 Å². The number of hydrogen-bond acceptors (Lipinski definition) is 6. The lowest BCUT2D eigenvalue weighted by atomic mass is 10.0. The van der Waals surface area contributed by atoms with Crippen LogP contribution in [0.1, 0.15) is 42.4 Å². The number of nitrogens with one attached hydrogen (secondary N) is 1. The third kappa shape index (κ3) is 8.28. The smallest absolute Gasteiger partial charge is 0.244 e. The minimum atomic E-state index is -3.96. The number of nitrogens with zero attached hydrogens (tertiary/aromatic N) is 2. The molecule has 3 aromatic carbocycles. The molecule has 43 heavy (non-hydrogen) atoms. The van der Waals surface area contributed by atoms with Gasteiger partial charge in [0.05, 0.1) is 26.2 Å². The number of sulfonamides is 1. The summed E-state index contributed by atoms with van der Waals surface area (Å²) in [7, 11) is -1.05. The molecule has 9 nitrogen and oxygen atoms in total. The number of amides is 2. The van der Waals surface area contributed by atoms with E-state index in [-0.39, 0.29) is 36.4 Å². The second kappa shape index (κ2) is 14.4. The molecule has 1 N–H and O–H groups in total. The van der Waals surface area contributed by atoms with E-state index in [1.54, 1.807) is 12.1 Å². The summed E-state index contributed by atoms with van der Waals surface area (Å²) >= 11 is 0. The van der Waals surface area contributed by atoms with Crippen molar-refractivity contribution in [3.05, 3.63) is 89.5 Å². The first-order chi connectivity index (χ1) is 20.6. The lowest BCUT2D eigenvalue weighted by Crippen LogP contribution is -2.54. The molecule has 1 saturated carbocycles. The summed E-state index contributed by atoms with van der Waals surface area (Å²) in [5.74, 6) is -0.0838. The van der Waals surface area contributed by atoms with Crippen molar-refractivity contribution in [2.75, 3.05) is 31.3 Å². The van der Waals surface area contributed by atoms with E-state index in [0.717, 1.165) is 52.9 Å². The number of benzene rings is 3. The zero-order valence-electron chi connectivity index (χ0n) is 25.3. The Hall–Kier alpha value is -4.05. The molecule has 10 heteroatoms. The van der Waals surface area contributed by atoms with Crippen molar-refractivity contribution in [1.82, 2.24) is 10.2 Å². The van der Waals surface area contributed by atoms with E-state index in [1.807, 2.05) is 61.5 Å². The average molecular weight is 608 g/mol. The zero-order valence-corrected chi connectivity index (χ0v) is 26.1. The number of hydrogen-bond donors (Lipinski definition) is 1. The molecular formula is C33H41N3O6S. The second-order valence-electron chi connectivity index (χ2n) is 11.0. The molecule has 1 atom stereocenters. The highest BCUT2D eigenvalue weighted by molar-refractivity contribution is 7.92.